The van der Waals surface area contributed by atoms with Crippen LogP contribution in [-0.2, 0) is 17.7 Å². The number of hydrogen-bond donors (Lipinski definition) is 0. The van der Waals surface area contributed by atoms with Gasteiger partial charge in [0.25, 0.3) is 0 Å². The number of carbonyl (C=O) groups is 1. The van der Waals surface area contributed by atoms with Crippen molar-refractivity contribution in [2.75, 3.05) is 31.1 Å². The molecule has 3 aliphatic rings. The first-order chi connectivity index (χ1) is 17.1. The fourth-order valence-electron chi connectivity index (χ4n) is 5.88. The van der Waals surface area contributed by atoms with Crippen molar-refractivity contribution in [2.24, 2.45) is 5.92 Å². The molecule has 0 saturated carbocycles. The standard InChI is InChI=1S/C31H37N2O2/c1-25-14-16-29(17-15-25)32(23-27-11-6-3-7-12-27)31(34)35-30-24-33(21-18-28(30)19-22-33)20-8-13-26-9-4-2-5-10-26/h2-7,9-12,14-17,28,30H,8,13,18-24H2,1H3/q+1/t28?,30-,33?/m0/s1. The van der Waals surface area contributed by atoms with E-state index in [0.717, 1.165) is 41.5 Å². The van der Waals surface area contributed by atoms with Crippen LogP contribution in [0.15, 0.2) is 84.9 Å². The van der Waals surface area contributed by atoms with Gasteiger partial charge < -0.3 is 9.22 Å². The molecular weight excluding hydrogens is 432 g/mol. The lowest BCUT2D eigenvalue weighted by Crippen LogP contribution is -2.65. The van der Waals surface area contributed by atoms with Crippen LogP contribution in [0, 0.1) is 12.8 Å². The molecule has 1 atom stereocenters. The predicted octanol–water partition coefficient (Wildman–Crippen LogP) is 6.38. The van der Waals surface area contributed by atoms with Gasteiger partial charge in [0.2, 0.25) is 0 Å². The summed E-state index contributed by atoms with van der Waals surface area (Å²) in [6.07, 6.45) is 4.40. The van der Waals surface area contributed by atoms with E-state index >= 15 is 0 Å². The van der Waals surface area contributed by atoms with E-state index < -0.39 is 0 Å². The third-order valence-electron chi connectivity index (χ3n) is 7.98. The molecule has 182 valence electrons. The van der Waals surface area contributed by atoms with E-state index in [1.807, 2.05) is 30.3 Å². The quantitative estimate of drug-likeness (QED) is 0.358. The molecular formula is C31H37N2O2+. The van der Waals surface area contributed by atoms with Crippen LogP contribution in [0.1, 0.15) is 36.0 Å². The lowest BCUT2D eigenvalue weighted by atomic mass is 9.83. The fraction of sp³-hybridized carbons (Fsp3) is 0.387. The molecule has 3 aliphatic heterocycles. The predicted molar refractivity (Wildman–Crippen MR) is 141 cm³/mol. The summed E-state index contributed by atoms with van der Waals surface area (Å²) in [6.45, 7) is 7.15. The maximum Gasteiger partial charge on any atom is 0.415 e. The molecule has 4 heteroatoms. The second-order valence-electron chi connectivity index (χ2n) is 10.5. The van der Waals surface area contributed by atoms with Gasteiger partial charge in [0.15, 0.2) is 6.10 Å². The van der Waals surface area contributed by atoms with Gasteiger partial charge in [0, 0.05) is 30.9 Å². The number of piperidine rings is 3. The first kappa shape index (κ1) is 23.6. The second kappa shape index (κ2) is 10.7. The minimum absolute atomic E-state index is 0.00504. The van der Waals surface area contributed by atoms with Crippen LogP contribution in [0.25, 0.3) is 0 Å². The number of carbonyl (C=O) groups excluding carboxylic acids is 1. The van der Waals surface area contributed by atoms with E-state index in [1.165, 1.54) is 37.2 Å². The third kappa shape index (κ3) is 5.76. The molecule has 35 heavy (non-hydrogen) atoms. The van der Waals surface area contributed by atoms with Crippen molar-refractivity contribution in [1.29, 1.82) is 0 Å². The molecule has 0 radical (unpaired) electrons. The van der Waals surface area contributed by atoms with Crippen LogP contribution >= 0.6 is 0 Å². The monoisotopic (exact) mass is 469 g/mol. The molecule has 3 fully saturated rings. The topological polar surface area (TPSA) is 29.5 Å². The smallest absolute Gasteiger partial charge is 0.415 e. The highest BCUT2D eigenvalue weighted by Crippen LogP contribution is 2.36. The van der Waals surface area contributed by atoms with Gasteiger partial charge in [-0.05, 0) is 36.6 Å². The summed E-state index contributed by atoms with van der Waals surface area (Å²) >= 11 is 0. The minimum atomic E-state index is -0.223. The number of hydrogen-bond acceptors (Lipinski definition) is 2. The maximum absolute atomic E-state index is 13.6. The summed E-state index contributed by atoms with van der Waals surface area (Å²) in [5.41, 5.74) is 4.58. The SMILES string of the molecule is Cc1ccc(N(Cc2ccccc2)C(=O)O[C@H]2C[N+]3(CCCc4ccccc4)CCC2CC3)cc1. The molecule has 3 heterocycles. The zero-order valence-corrected chi connectivity index (χ0v) is 20.8. The van der Waals surface area contributed by atoms with E-state index in [9.17, 15) is 4.79 Å². The molecule has 6 rings (SSSR count). The molecule has 4 nitrogen and oxygen atoms in total. The lowest BCUT2D eigenvalue weighted by molar-refractivity contribution is -0.946. The number of benzene rings is 3. The van der Waals surface area contributed by atoms with Crippen LogP contribution in [0.4, 0.5) is 10.5 Å². The van der Waals surface area contributed by atoms with Crippen molar-refractivity contribution >= 4 is 11.8 Å². The first-order valence-electron chi connectivity index (χ1n) is 13.1. The van der Waals surface area contributed by atoms with Crippen LogP contribution in [-0.4, -0.2) is 42.9 Å². The maximum atomic E-state index is 13.6. The van der Waals surface area contributed by atoms with Gasteiger partial charge in [0.05, 0.1) is 26.2 Å². The number of ether oxygens (including phenoxy) is 1. The van der Waals surface area contributed by atoms with Crippen molar-refractivity contribution in [3.63, 3.8) is 0 Å². The Labute approximate surface area is 209 Å². The normalized spacial score (nSPS) is 23.1. The van der Waals surface area contributed by atoms with Gasteiger partial charge >= 0.3 is 6.09 Å². The van der Waals surface area contributed by atoms with Crippen LogP contribution in [0.5, 0.6) is 0 Å². The van der Waals surface area contributed by atoms with Crippen LogP contribution in [0.2, 0.25) is 0 Å². The highest BCUT2D eigenvalue weighted by atomic mass is 16.6. The largest absolute Gasteiger partial charge is 0.440 e. The van der Waals surface area contributed by atoms with Gasteiger partial charge in [-0.2, -0.15) is 0 Å². The number of fused-ring (bicyclic) bond motifs is 3. The number of quaternary nitrogens is 1. The molecule has 3 saturated heterocycles. The van der Waals surface area contributed by atoms with Crippen molar-refractivity contribution < 1.29 is 14.0 Å². The number of anilines is 1. The Balaban J connectivity index is 1.26. The van der Waals surface area contributed by atoms with E-state index in [0.29, 0.717) is 12.5 Å². The average molecular weight is 470 g/mol. The summed E-state index contributed by atoms with van der Waals surface area (Å²) in [5, 5.41) is 0. The fourth-order valence-corrected chi connectivity index (χ4v) is 5.88. The van der Waals surface area contributed by atoms with Crippen molar-refractivity contribution in [1.82, 2.24) is 0 Å². The third-order valence-corrected chi connectivity index (χ3v) is 7.98. The molecule has 3 aromatic rings. The van der Waals surface area contributed by atoms with Gasteiger partial charge in [-0.3, -0.25) is 4.90 Å². The van der Waals surface area contributed by atoms with Crippen LogP contribution in [0.3, 0.4) is 0 Å². The number of rotatable bonds is 8. The summed E-state index contributed by atoms with van der Waals surface area (Å²) in [4.78, 5) is 15.4. The summed E-state index contributed by atoms with van der Waals surface area (Å²) in [7, 11) is 0. The van der Waals surface area contributed by atoms with Crippen molar-refractivity contribution in [3.05, 3.63) is 102 Å². The lowest BCUT2D eigenvalue weighted by Gasteiger charge is -2.52. The van der Waals surface area contributed by atoms with E-state index in [-0.39, 0.29) is 12.2 Å². The van der Waals surface area contributed by atoms with E-state index in [4.69, 9.17) is 4.74 Å². The summed E-state index contributed by atoms with van der Waals surface area (Å²) < 4.78 is 7.41. The van der Waals surface area contributed by atoms with Crippen molar-refractivity contribution in [2.45, 2.75) is 45.3 Å². The highest BCUT2D eigenvalue weighted by Gasteiger charge is 2.47. The molecule has 0 aromatic heterocycles. The van der Waals surface area contributed by atoms with Gasteiger partial charge in [-0.25, -0.2) is 4.79 Å². The summed E-state index contributed by atoms with van der Waals surface area (Å²) in [6, 6.07) is 29.1. The highest BCUT2D eigenvalue weighted by molar-refractivity contribution is 5.87. The molecule has 1 amide bonds. The Morgan fingerprint density at radius 2 is 1.51 bits per heavy atom. The molecule has 0 unspecified atom stereocenters. The number of amides is 1. The Kier molecular flexibility index (Phi) is 7.19. The molecule has 3 aromatic carbocycles. The molecule has 0 aliphatic carbocycles. The van der Waals surface area contributed by atoms with E-state index in [2.05, 4.69) is 61.5 Å². The van der Waals surface area contributed by atoms with Gasteiger partial charge in [-0.1, -0.05) is 78.4 Å². The second-order valence-corrected chi connectivity index (χ2v) is 10.5. The average Bonchev–Trinajstić information content (AvgIpc) is 2.90. The Morgan fingerprint density at radius 3 is 2.17 bits per heavy atom. The van der Waals surface area contributed by atoms with Crippen molar-refractivity contribution in [3.8, 4) is 0 Å². The van der Waals surface area contributed by atoms with Crippen LogP contribution < -0.4 is 4.90 Å². The zero-order valence-electron chi connectivity index (χ0n) is 20.8. The Hall–Kier alpha value is -3.11. The first-order valence-corrected chi connectivity index (χ1v) is 13.1. The van der Waals surface area contributed by atoms with Gasteiger partial charge in [0.1, 0.15) is 6.54 Å². The van der Waals surface area contributed by atoms with E-state index in [1.54, 1.807) is 4.90 Å². The molecule has 0 N–H and O–H groups in total. The number of aryl methyl sites for hydroxylation is 2. The molecule has 0 spiro atoms. The number of nitrogens with zero attached hydrogens (tertiary/aromatic N) is 2. The van der Waals surface area contributed by atoms with Gasteiger partial charge in [-0.15, -0.1) is 0 Å². The Morgan fingerprint density at radius 1 is 0.886 bits per heavy atom. The zero-order chi connectivity index (χ0) is 24.1. The summed E-state index contributed by atoms with van der Waals surface area (Å²) in [5.74, 6) is 0.490. The Bertz CT molecular complexity index is 1090. The minimum Gasteiger partial charge on any atom is -0.440 e. The molecule has 2 bridgehead atoms.